The summed E-state index contributed by atoms with van der Waals surface area (Å²) < 4.78 is 75.8. The van der Waals surface area contributed by atoms with Gasteiger partial charge in [-0.3, -0.25) is 0 Å². The Morgan fingerprint density at radius 2 is 1.38 bits per heavy atom. The van der Waals surface area contributed by atoms with Crippen molar-refractivity contribution in [3.63, 3.8) is 0 Å². The summed E-state index contributed by atoms with van der Waals surface area (Å²) in [5.74, 6) is -11.1. The monoisotopic (exact) mass is 374 g/mol. The number of carbonyl (C=O) groups is 1. The SMILES string of the molecule is CCO[Si](O)(CNC(=O)Nc1c(F)c(F)c(F)c(F)c1F)OCC. The predicted molar refractivity (Wildman–Crippen MR) is 74.5 cm³/mol. The van der Waals surface area contributed by atoms with Crippen LogP contribution in [0.2, 0.25) is 0 Å². The summed E-state index contributed by atoms with van der Waals surface area (Å²) in [5.41, 5.74) is -1.51. The van der Waals surface area contributed by atoms with E-state index < -0.39 is 55.8 Å². The third-order valence-corrected chi connectivity index (χ3v) is 4.76. The third-order valence-electron chi connectivity index (χ3n) is 2.66. The molecule has 0 saturated heterocycles. The molecule has 12 heteroatoms. The second-order valence-electron chi connectivity index (χ2n) is 4.33. The second-order valence-corrected chi connectivity index (χ2v) is 6.69. The molecule has 0 fully saturated rings. The molecule has 1 rings (SSSR count). The molecule has 0 spiro atoms. The van der Waals surface area contributed by atoms with E-state index in [0.29, 0.717) is 0 Å². The van der Waals surface area contributed by atoms with E-state index in [-0.39, 0.29) is 13.2 Å². The fourth-order valence-corrected chi connectivity index (χ4v) is 3.23. The number of benzene rings is 1. The average molecular weight is 374 g/mol. The van der Waals surface area contributed by atoms with Crippen molar-refractivity contribution >= 4 is 20.5 Å². The van der Waals surface area contributed by atoms with Crippen LogP contribution in [0.5, 0.6) is 0 Å². The zero-order valence-electron chi connectivity index (χ0n) is 12.7. The molecule has 0 aromatic heterocycles. The third kappa shape index (κ3) is 4.63. The van der Waals surface area contributed by atoms with E-state index in [4.69, 9.17) is 8.85 Å². The molecule has 0 unspecified atom stereocenters. The van der Waals surface area contributed by atoms with Gasteiger partial charge in [-0.25, -0.2) is 26.7 Å². The highest BCUT2D eigenvalue weighted by Crippen LogP contribution is 2.26. The Hall–Kier alpha value is -1.76. The lowest BCUT2D eigenvalue weighted by Crippen LogP contribution is -2.53. The number of hydrogen-bond acceptors (Lipinski definition) is 4. The molecule has 0 radical (unpaired) electrons. The summed E-state index contributed by atoms with van der Waals surface area (Å²) in [5, 5.41) is 3.49. The van der Waals surface area contributed by atoms with Crippen LogP contribution in [0.15, 0.2) is 0 Å². The summed E-state index contributed by atoms with van der Waals surface area (Å²) in [6.45, 7) is 3.27. The Labute approximate surface area is 134 Å². The topological polar surface area (TPSA) is 79.8 Å². The van der Waals surface area contributed by atoms with E-state index >= 15 is 0 Å². The van der Waals surface area contributed by atoms with Crippen LogP contribution in [0, 0.1) is 29.1 Å². The van der Waals surface area contributed by atoms with Gasteiger partial charge in [-0.2, -0.15) is 0 Å². The van der Waals surface area contributed by atoms with Crippen molar-refractivity contribution in [1.82, 2.24) is 5.32 Å². The number of carbonyl (C=O) groups excluding carboxylic acids is 1. The van der Waals surface area contributed by atoms with Gasteiger partial charge in [0.15, 0.2) is 23.3 Å². The molecule has 3 N–H and O–H groups in total. The number of urea groups is 1. The van der Waals surface area contributed by atoms with Gasteiger partial charge in [-0.15, -0.1) is 0 Å². The fraction of sp³-hybridized carbons (Fsp3) is 0.417. The van der Waals surface area contributed by atoms with Crippen LogP contribution in [-0.2, 0) is 8.85 Å². The number of halogens is 5. The quantitative estimate of drug-likeness (QED) is 0.295. The van der Waals surface area contributed by atoms with Crippen molar-refractivity contribution < 1.29 is 40.4 Å². The lowest BCUT2D eigenvalue weighted by atomic mass is 10.2. The van der Waals surface area contributed by atoms with Crippen LogP contribution >= 0.6 is 0 Å². The van der Waals surface area contributed by atoms with Crippen LogP contribution in [0.1, 0.15) is 13.8 Å². The molecule has 0 atom stereocenters. The normalized spacial score (nSPS) is 11.5. The van der Waals surface area contributed by atoms with Gasteiger partial charge in [-0.1, -0.05) is 0 Å². The average Bonchev–Trinajstić information content (AvgIpc) is 2.54. The Morgan fingerprint density at radius 1 is 0.958 bits per heavy atom. The van der Waals surface area contributed by atoms with E-state index in [1.807, 2.05) is 5.32 Å². The fourth-order valence-electron chi connectivity index (χ4n) is 1.66. The zero-order valence-corrected chi connectivity index (χ0v) is 13.7. The standard InChI is InChI=1S/C12H15F5N2O4Si/c1-3-22-24(21,23-4-2)5-18-12(20)19-11-9(16)7(14)6(13)8(15)10(11)17/h21H,3-5H2,1-2H3,(H2,18,19,20). The first-order valence-corrected chi connectivity index (χ1v) is 8.70. The molecule has 0 heterocycles. The zero-order chi connectivity index (χ0) is 18.5. The molecular weight excluding hydrogens is 359 g/mol. The molecule has 0 saturated carbocycles. The van der Waals surface area contributed by atoms with Crippen molar-refractivity contribution in [2.75, 3.05) is 24.7 Å². The maximum atomic E-state index is 13.4. The van der Waals surface area contributed by atoms with Gasteiger partial charge in [0.25, 0.3) is 0 Å². The van der Waals surface area contributed by atoms with Crippen molar-refractivity contribution in [2.24, 2.45) is 0 Å². The molecule has 0 bridgehead atoms. The van der Waals surface area contributed by atoms with E-state index in [0.717, 1.165) is 0 Å². The number of amides is 2. The molecule has 6 nitrogen and oxygen atoms in total. The first-order valence-electron chi connectivity index (χ1n) is 6.73. The van der Waals surface area contributed by atoms with Crippen molar-refractivity contribution in [3.8, 4) is 0 Å². The van der Waals surface area contributed by atoms with Gasteiger partial charge < -0.3 is 24.3 Å². The number of anilines is 1. The largest absolute Gasteiger partial charge is 0.518 e. The van der Waals surface area contributed by atoms with Crippen LogP contribution in [0.4, 0.5) is 32.4 Å². The Bertz CT molecular complexity index is 585. The summed E-state index contributed by atoms with van der Waals surface area (Å²) in [4.78, 5) is 21.6. The maximum Gasteiger partial charge on any atom is 0.518 e. The minimum absolute atomic E-state index is 0.0731. The van der Waals surface area contributed by atoms with Crippen molar-refractivity contribution in [2.45, 2.75) is 13.8 Å². The second kappa shape index (κ2) is 8.37. The highest BCUT2D eigenvalue weighted by Gasteiger charge is 2.37. The van der Waals surface area contributed by atoms with Gasteiger partial charge in [0.2, 0.25) is 5.82 Å². The smallest absolute Gasteiger partial charge is 0.389 e. The first kappa shape index (κ1) is 20.3. The minimum atomic E-state index is -3.75. The highest BCUT2D eigenvalue weighted by molar-refractivity contribution is 6.59. The van der Waals surface area contributed by atoms with Gasteiger partial charge in [0.1, 0.15) is 5.69 Å². The van der Waals surface area contributed by atoms with Gasteiger partial charge in [0, 0.05) is 13.2 Å². The number of hydrogen-bond donors (Lipinski definition) is 3. The van der Waals surface area contributed by atoms with E-state index in [1.165, 1.54) is 5.32 Å². The van der Waals surface area contributed by atoms with E-state index in [2.05, 4.69) is 0 Å². The lowest BCUT2D eigenvalue weighted by molar-refractivity contribution is 0.107. The van der Waals surface area contributed by atoms with Gasteiger partial charge in [0.05, 0.1) is 6.17 Å². The first-order chi connectivity index (χ1) is 11.2. The van der Waals surface area contributed by atoms with Crippen molar-refractivity contribution in [1.29, 1.82) is 0 Å². The van der Waals surface area contributed by atoms with Crippen molar-refractivity contribution in [3.05, 3.63) is 29.1 Å². The summed E-state index contributed by atoms with van der Waals surface area (Å²) >= 11 is 0. The number of rotatable bonds is 7. The summed E-state index contributed by atoms with van der Waals surface area (Å²) in [7, 11) is -3.75. The van der Waals surface area contributed by atoms with E-state index in [9.17, 15) is 31.5 Å². The van der Waals surface area contributed by atoms with Gasteiger partial charge in [-0.05, 0) is 13.8 Å². The molecule has 2 amide bonds. The summed E-state index contributed by atoms with van der Waals surface area (Å²) in [6.07, 6.45) is -0.532. The molecule has 24 heavy (non-hydrogen) atoms. The molecule has 0 aliphatic carbocycles. The molecule has 0 aliphatic rings. The maximum absolute atomic E-state index is 13.4. The van der Waals surface area contributed by atoms with Crippen LogP contribution in [-0.4, -0.2) is 39.0 Å². The molecule has 0 aliphatic heterocycles. The van der Waals surface area contributed by atoms with Crippen LogP contribution < -0.4 is 10.6 Å². The lowest BCUT2D eigenvalue weighted by Gasteiger charge is -2.23. The predicted octanol–water partition coefficient (Wildman–Crippen LogP) is 2.05. The highest BCUT2D eigenvalue weighted by atomic mass is 28.4. The Kier molecular flexibility index (Phi) is 7.07. The Balaban J connectivity index is 2.86. The number of nitrogens with one attached hydrogen (secondary N) is 2. The van der Waals surface area contributed by atoms with Crippen LogP contribution in [0.3, 0.4) is 0 Å². The molecule has 1 aromatic rings. The Morgan fingerprint density at radius 3 is 1.79 bits per heavy atom. The molecular formula is C12H15F5N2O4Si. The summed E-state index contributed by atoms with van der Waals surface area (Å²) in [6, 6.07) is -1.32. The van der Waals surface area contributed by atoms with Crippen LogP contribution in [0.25, 0.3) is 0 Å². The molecule has 136 valence electrons. The van der Waals surface area contributed by atoms with E-state index in [1.54, 1.807) is 13.8 Å². The minimum Gasteiger partial charge on any atom is -0.389 e. The molecule has 1 aromatic carbocycles. The van der Waals surface area contributed by atoms with Gasteiger partial charge >= 0.3 is 14.8 Å².